The summed E-state index contributed by atoms with van der Waals surface area (Å²) in [6.07, 6.45) is 15.5. The summed E-state index contributed by atoms with van der Waals surface area (Å²) in [5.74, 6) is 1.43. The van der Waals surface area contributed by atoms with Crippen LogP contribution in [0.4, 0.5) is 10.5 Å². The Morgan fingerprint density at radius 2 is 1.28 bits per heavy atom. The number of unbranched alkanes of at least 4 members (excludes halogenated alkanes) is 11. The highest BCUT2D eigenvalue weighted by atomic mass is 16.5. The molecule has 0 aliphatic heterocycles. The average Bonchev–Trinajstić information content (AvgIpc) is 2.88. The minimum Gasteiger partial charge on any atom is -0.508 e. The molecule has 0 spiro atoms. The molecule has 0 fully saturated rings. The fourth-order valence-corrected chi connectivity index (χ4v) is 3.83. The minimum absolute atomic E-state index is 0.186. The van der Waals surface area contributed by atoms with Gasteiger partial charge in [0.25, 0.3) is 0 Å². The Kier molecular flexibility index (Phi) is 15.1. The fraction of sp³-hybridized carbons (Fsp3) is 0.552. The molecule has 0 saturated heterocycles. The van der Waals surface area contributed by atoms with Crippen LogP contribution in [0.2, 0.25) is 0 Å². The Morgan fingerprint density at radius 3 is 1.83 bits per heavy atom. The van der Waals surface area contributed by atoms with Crippen LogP contribution in [0.15, 0.2) is 48.5 Å². The molecule has 4 N–H and O–H groups in total. The molecule has 0 aromatic heterocycles. The maximum absolute atomic E-state index is 12.1. The van der Waals surface area contributed by atoms with Gasteiger partial charge in [-0.3, -0.25) is 5.43 Å². The first kappa shape index (κ1) is 29.5. The number of carbonyl (C=O) groups excluding carboxylic acids is 1. The topological polar surface area (TPSA) is 91.9 Å². The lowest BCUT2D eigenvalue weighted by atomic mass is 10.1. The monoisotopic (exact) mass is 499 g/mol. The Bertz CT molecular complexity index is 827. The van der Waals surface area contributed by atoms with E-state index in [0.717, 1.165) is 6.42 Å². The van der Waals surface area contributed by atoms with Crippen molar-refractivity contribution in [2.45, 2.75) is 97.1 Å². The molecule has 2 amide bonds. The normalized spacial score (nSPS) is 11.7. The van der Waals surface area contributed by atoms with Gasteiger partial charge < -0.3 is 19.9 Å². The van der Waals surface area contributed by atoms with E-state index < -0.39 is 0 Å². The lowest BCUT2D eigenvalue weighted by molar-refractivity contribution is 0.0333. The van der Waals surface area contributed by atoms with Crippen molar-refractivity contribution >= 4 is 11.7 Å². The number of rotatable bonds is 19. The molecule has 0 bridgehead atoms. The number of carbonyl (C=O) groups is 1. The molecule has 2 rings (SSSR count). The minimum atomic E-state index is -0.372. The molecule has 0 heterocycles. The lowest BCUT2D eigenvalue weighted by Crippen LogP contribution is -2.46. The quantitative estimate of drug-likeness (QED) is 0.0896. The van der Waals surface area contributed by atoms with Crippen LogP contribution >= 0.6 is 0 Å². The first-order valence-corrected chi connectivity index (χ1v) is 13.6. The number of benzene rings is 2. The van der Waals surface area contributed by atoms with Gasteiger partial charge in [0, 0.05) is 12.3 Å². The maximum atomic E-state index is 12.1. The van der Waals surface area contributed by atoms with E-state index in [1.54, 1.807) is 48.5 Å². The number of ether oxygens (including phenoxy) is 2. The van der Waals surface area contributed by atoms with Crippen LogP contribution in [0.5, 0.6) is 17.2 Å². The van der Waals surface area contributed by atoms with Crippen molar-refractivity contribution in [2.75, 3.05) is 11.9 Å². The van der Waals surface area contributed by atoms with Crippen molar-refractivity contribution in [1.82, 2.24) is 10.9 Å². The highest BCUT2D eigenvalue weighted by Gasteiger charge is 2.06. The molecule has 200 valence electrons. The van der Waals surface area contributed by atoms with E-state index >= 15 is 0 Å². The van der Waals surface area contributed by atoms with Crippen molar-refractivity contribution in [2.24, 2.45) is 0 Å². The van der Waals surface area contributed by atoms with Gasteiger partial charge >= 0.3 is 6.03 Å². The molecule has 7 nitrogen and oxygen atoms in total. The van der Waals surface area contributed by atoms with Gasteiger partial charge in [0.05, 0.1) is 0 Å². The van der Waals surface area contributed by atoms with Gasteiger partial charge in [0.15, 0.2) is 0 Å². The predicted octanol–water partition coefficient (Wildman–Crippen LogP) is 7.87. The Hall–Kier alpha value is -2.77. The Balaban J connectivity index is 1.46. The van der Waals surface area contributed by atoms with Crippen molar-refractivity contribution in [1.29, 1.82) is 0 Å². The van der Waals surface area contributed by atoms with E-state index in [1.807, 2.05) is 6.92 Å². The van der Waals surface area contributed by atoms with Gasteiger partial charge in [0.1, 0.15) is 23.5 Å². The molecular weight excluding hydrogens is 454 g/mol. The highest BCUT2D eigenvalue weighted by molar-refractivity contribution is 5.88. The molecule has 0 aliphatic rings. The van der Waals surface area contributed by atoms with E-state index in [9.17, 15) is 9.90 Å². The standard InChI is InChI=1S/C29H45N3O4/c1-3-4-5-6-7-8-9-10-11-12-13-14-23-35-24(2)31-32-29(34)30-25-15-19-27(20-16-25)36-28-21-17-26(33)18-22-28/h15-22,24,31,33H,3-14,23H2,1-2H3,(H2,30,32,34). The van der Waals surface area contributed by atoms with Crippen molar-refractivity contribution in [3.05, 3.63) is 48.5 Å². The van der Waals surface area contributed by atoms with Crippen LogP contribution in [0.1, 0.15) is 90.9 Å². The number of phenols is 1. The van der Waals surface area contributed by atoms with E-state index in [1.165, 1.54) is 70.6 Å². The van der Waals surface area contributed by atoms with Crippen LogP contribution in [0.25, 0.3) is 0 Å². The van der Waals surface area contributed by atoms with E-state index in [0.29, 0.717) is 23.8 Å². The molecule has 2 aromatic rings. The Labute approximate surface area is 216 Å². The number of aromatic hydroxyl groups is 1. The summed E-state index contributed by atoms with van der Waals surface area (Å²) in [4.78, 5) is 12.1. The lowest BCUT2D eigenvalue weighted by Gasteiger charge is -2.16. The summed E-state index contributed by atoms with van der Waals surface area (Å²) >= 11 is 0. The zero-order valence-electron chi connectivity index (χ0n) is 22.1. The summed E-state index contributed by atoms with van der Waals surface area (Å²) in [6.45, 7) is 4.81. The number of nitrogens with one attached hydrogen (secondary N) is 3. The van der Waals surface area contributed by atoms with Crippen LogP contribution in [-0.2, 0) is 4.74 Å². The molecule has 0 radical (unpaired) electrons. The predicted molar refractivity (Wildman–Crippen MR) is 146 cm³/mol. The van der Waals surface area contributed by atoms with E-state index in [-0.39, 0.29) is 18.0 Å². The van der Waals surface area contributed by atoms with E-state index in [2.05, 4.69) is 23.1 Å². The van der Waals surface area contributed by atoms with Crippen LogP contribution < -0.4 is 20.9 Å². The van der Waals surface area contributed by atoms with Gasteiger partial charge in [-0.1, -0.05) is 77.6 Å². The first-order valence-electron chi connectivity index (χ1n) is 13.6. The van der Waals surface area contributed by atoms with Gasteiger partial charge in [0.2, 0.25) is 0 Å². The number of hydrazine groups is 1. The zero-order chi connectivity index (χ0) is 25.8. The molecule has 1 atom stereocenters. The SMILES string of the molecule is CCCCCCCCCCCCCCOC(C)NNC(=O)Nc1ccc(Oc2ccc(O)cc2)cc1. The number of hydrogen-bond acceptors (Lipinski definition) is 5. The van der Waals surface area contributed by atoms with Gasteiger partial charge in [-0.2, -0.15) is 0 Å². The molecule has 7 heteroatoms. The van der Waals surface area contributed by atoms with Crippen LogP contribution in [0, 0.1) is 0 Å². The van der Waals surface area contributed by atoms with Crippen molar-refractivity contribution < 1.29 is 19.4 Å². The molecule has 36 heavy (non-hydrogen) atoms. The number of amides is 2. The number of urea groups is 1. The largest absolute Gasteiger partial charge is 0.508 e. The molecule has 0 aliphatic carbocycles. The molecule has 2 aromatic carbocycles. The smallest absolute Gasteiger partial charge is 0.333 e. The third kappa shape index (κ3) is 14.0. The third-order valence-electron chi connectivity index (χ3n) is 5.94. The maximum Gasteiger partial charge on any atom is 0.333 e. The van der Waals surface area contributed by atoms with E-state index in [4.69, 9.17) is 9.47 Å². The first-order chi connectivity index (χ1) is 17.6. The van der Waals surface area contributed by atoms with Crippen LogP contribution in [0.3, 0.4) is 0 Å². The van der Waals surface area contributed by atoms with Gasteiger partial charge in [-0.05, 0) is 61.9 Å². The summed E-state index contributed by atoms with van der Waals surface area (Å²) in [7, 11) is 0. The summed E-state index contributed by atoms with van der Waals surface area (Å²) < 4.78 is 11.4. The fourth-order valence-electron chi connectivity index (χ4n) is 3.83. The second-order valence-electron chi connectivity index (χ2n) is 9.25. The molecule has 0 saturated carbocycles. The second kappa shape index (κ2) is 18.5. The average molecular weight is 500 g/mol. The summed E-state index contributed by atoms with van der Waals surface area (Å²) in [5, 5.41) is 12.1. The van der Waals surface area contributed by atoms with Crippen molar-refractivity contribution in [3.63, 3.8) is 0 Å². The molecular formula is C29H45N3O4. The molecule has 1 unspecified atom stereocenters. The van der Waals surface area contributed by atoms with Gasteiger partial charge in [-0.15, -0.1) is 0 Å². The van der Waals surface area contributed by atoms with Crippen molar-refractivity contribution in [3.8, 4) is 17.2 Å². The zero-order valence-corrected chi connectivity index (χ0v) is 22.1. The number of anilines is 1. The third-order valence-corrected chi connectivity index (χ3v) is 5.94. The number of phenolic OH excluding ortho intramolecular Hbond substituents is 1. The van der Waals surface area contributed by atoms with Gasteiger partial charge in [-0.25, -0.2) is 10.2 Å². The summed E-state index contributed by atoms with van der Waals surface area (Å²) in [6, 6.07) is 13.1. The Morgan fingerprint density at radius 1 is 0.778 bits per heavy atom. The highest BCUT2D eigenvalue weighted by Crippen LogP contribution is 2.24. The van der Waals surface area contributed by atoms with Crippen LogP contribution in [-0.4, -0.2) is 24.0 Å². The summed E-state index contributed by atoms with van der Waals surface area (Å²) in [5.41, 5.74) is 6.11. The second-order valence-corrected chi connectivity index (χ2v) is 9.25. The number of hydrogen-bond donors (Lipinski definition) is 4.